The molecule has 0 bridgehead atoms. The van der Waals surface area contributed by atoms with Crippen LogP contribution in [0, 0.1) is 28.9 Å². The normalized spacial score (nSPS) is 10.0. The molecule has 1 aromatic carbocycles. The predicted molar refractivity (Wildman–Crippen MR) is 66.4 cm³/mol. The molecule has 0 fully saturated rings. The fourth-order valence-electron chi connectivity index (χ4n) is 1.60. The molecule has 1 N–H and O–H groups in total. The van der Waals surface area contributed by atoms with Gasteiger partial charge in [0.1, 0.15) is 6.07 Å². The van der Waals surface area contributed by atoms with Crippen molar-refractivity contribution in [2.45, 2.75) is 6.54 Å². The molecule has 1 heterocycles. The topological polar surface area (TPSA) is 65.8 Å². The van der Waals surface area contributed by atoms with Gasteiger partial charge in [0.25, 0.3) is 5.91 Å². The van der Waals surface area contributed by atoms with Gasteiger partial charge in [-0.2, -0.15) is 9.65 Å². The molecule has 0 radical (unpaired) electrons. The molecule has 2 rings (SSSR count). The Morgan fingerprint density at radius 1 is 1.24 bits per heavy atom. The van der Waals surface area contributed by atoms with Crippen LogP contribution in [-0.2, 0) is 6.54 Å². The van der Waals surface area contributed by atoms with Crippen molar-refractivity contribution in [2.24, 2.45) is 0 Å². The van der Waals surface area contributed by atoms with Gasteiger partial charge < -0.3 is 5.32 Å². The molecule has 0 unspecified atom stereocenters. The number of halogens is 3. The number of nitrogens with zero attached hydrogens (tertiary/aromatic N) is 2. The first-order valence-electron chi connectivity index (χ1n) is 5.79. The van der Waals surface area contributed by atoms with Crippen LogP contribution in [-0.4, -0.2) is 10.9 Å². The van der Waals surface area contributed by atoms with Crippen molar-refractivity contribution in [1.29, 1.82) is 5.26 Å². The highest BCUT2D eigenvalue weighted by molar-refractivity contribution is 5.94. The molecule has 1 aromatic heterocycles. The number of benzene rings is 1. The lowest BCUT2D eigenvalue weighted by Gasteiger charge is -2.06. The van der Waals surface area contributed by atoms with E-state index < -0.39 is 29.1 Å². The van der Waals surface area contributed by atoms with Gasteiger partial charge in [0.05, 0.1) is 11.1 Å². The summed E-state index contributed by atoms with van der Waals surface area (Å²) in [6.07, 6.45) is 1.00. The summed E-state index contributed by atoms with van der Waals surface area (Å²) >= 11 is 0. The molecule has 0 saturated heterocycles. The predicted octanol–water partition coefficient (Wildman–Crippen LogP) is 2.30. The second-order valence-corrected chi connectivity index (χ2v) is 4.11. The standard InChI is InChI=1S/C14H8F3N3O/c15-11-2-1-8(4-12(11)16)6-20-14(21)10-3-9(5-18)7-19-13(10)17/h1-4,7H,6H2,(H,20,21). The molecule has 1 amide bonds. The van der Waals surface area contributed by atoms with Gasteiger partial charge in [-0.15, -0.1) is 0 Å². The van der Waals surface area contributed by atoms with E-state index in [0.29, 0.717) is 5.56 Å². The zero-order chi connectivity index (χ0) is 15.4. The fourth-order valence-corrected chi connectivity index (χ4v) is 1.60. The third kappa shape index (κ3) is 3.36. The number of pyridine rings is 1. The van der Waals surface area contributed by atoms with Crippen LogP contribution in [0.5, 0.6) is 0 Å². The fraction of sp³-hybridized carbons (Fsp3) is 0.0714. The van der Waals surface area contributed by atoms with Crippen molar-refractivity contribution in [1.82, 2.24) is 10.3 Å². The van der Waals surface area contributed by atoms with Crippen molar-refractivity contribution < 1.29 is 18.0 Å². The van der Waals surface area contributed by atoms with Gasteiger partial charge in [-0.3, -0.25) is 4.79 Å². The number of hydrogen-bond acceptors (Lipinski definition) is 3. The Morgan fingerprint density at radius 2 is 2.00 bits per heavy atom. The third-order valence-electron chi connectivity index (χ3n) is 2.65. The Bertz CT molecular complexity index is 741. The van der Waals surface area contributed by atoms with E-state index in [0.717, 1.165) is 24.4 Å². The van der Waals surface area contributed by atoms with Gasteiger partial charge in [-0.25, -0.2) is 13.8 Å². The lowest BCUT2D eigenvalue weighted by molar-refractivity contribution is 0.0946. The molecule has 4 nitrogen and oxygen atoms in total. The van der Waals surface area contributed by atoms with Crippen molar-refractivity contribution in [2.75, 3.05) is 0 Å². The first-order chi connectivity index (χ1) is 10.0. The molecule has 2 aromatic rings. The van der Waals surface area contributed by atoms with Crippen LogP contribution >= 0.6 is 0 Å². The summed E-state index contributed by atoms with van der Waals surface area (Å²) in [5.41, 5.74) is -0.0435. The SMILES string of the molecule is N#Cc1cnc(F)c(C(=O)NCc2ccc(F)c(F)c2)c1. The maximum absolute atomic E-state index is 13.4. The monoisotopic (exact) mass is 291 g/mol. The number of aromatic nitrogens is 1. The van der Waals surface area contributed by atoms with Crippen LogP contribution in [0.25, 0.3) is 0 Å². The molecule has 0 aliphatic heterocycles. The van der Waals surface area contributed by atoms with Gasteiger partial charge in [0.15, 0.2) is 11.6 Å². The Morgan fingerprint density at radius 3 is 2.67 bits per heavy atom. The van der Waals surface area contributed by atoms with Gasteiger partial charge in [-0.05, 0) is 23.8 Å². The quantitative estimate of drug-likeness (QED) is 0.882. The highest BCUT2D eigenvalue weighted by atomic mass is 19.2. The lowest BCUT2D eigenvalue weighted by atomic mass is 10.2. The van der Waals surface area contributed by atoms with Crippen LogP contribution in [0.1, 0.15) is 21.5 Å². The number of carbonyl (C=O) groups is 1. The summed E-state index contributed by atoms with van der Waals surface area (Å²) in [5, 5.41) is 11.0. The van der Waals surface area contributed by atoms with Crippen molar-refractivity contribution in [3.05, 3.63) is 64.7 Å². The van der Waals surface area contributed by atoms with Crippen LogP contribution in [0.2, 0.25) is 0 Å². The van der Waals surface area contributed by atoms with Crippen LogP contribution < -0.4 is 5.32 Å². The van der Waals surface area contributed by atoms with E-state index in [2.05, 4.69) is 10.3 Å². The van der Waals surface area contributed by atoms with Gasteiger partial charge in [-0.1, -0.05) is 6.07 Å². The largest absolute Gasteiger partial charge is 0.348 e. The number of nitriles is 1. The van der Waals surface area contributed by atoms with E-state index in [9.17, 15) is 18.0 Å². The second kappa shape index (κ2) is 6.05. The van der Waals surface area contributed by atoms with E-state index in [-0.39, 0.29) is 12.1 Å². The molecule has 0 spiro atoms. The molecular formula is C14H8F3N3O. The molecule has 106 valence electrons. The maximum atomic E-state index is 13.4. The zero-order valence-corrected chi connectivity index (χ0v) is 10.5. The molecule has 0 atom stereocenters. The Hall–Kier alpha value is -2.88. The van der Waals surface area contributed by atoms with E-state index in [1.54, 1.807) is 6.07 Å². The molecule has 0 aliphatic carbocycles. The maximum Gasteiger partial charge on any atom is 0.256 e. The number of hydrogen-bond donors (Lipinski definition) is 1. The van der Waals surface area contributed by atoms with Crippen molar-refractivity contribution >= 4 is 5.91 Å². The zero-order valence-electron chi connectivity index (χ0n) is 10.5. The first-order valence-corrected chi connectivity index (χ1v) is 5.79. The van der Waals surface area contributed by atoms with Gasteiger partial charge in [0.2, 0.25) is 5.95 Å². The molecule has 21 heavy (non-hydrogen) atoms. The van der Waals surface area contributed by atoms with Crippen molar-refractivity contribution in [3.8, 4) is 6.07 Å². The lowest BCUT2D eigenvalue weighted by Crippen LogP contribution is -2.24. The molecular weight excluding hydrogens is 283 g/mol. The summed E-state index contributed by atoms with van der Waals surface area (Å²) < 4.78 is 39.2. The summed E-state index contributed by atoms with van der Waals surface area (Å²) in [5.74, 6) is -3.86. The molecule has 0 saturated carbocycles. The van der Waals surface area contributed by atoms with Gasteiger partial charge in [0, 0.05) is 12.7 Å². The number of amides is 1. The Labute approximate surface area is 117 Å². The Kier molecular flexibility index (Phi) is 4.18. The highest BCUT2D eigenvalue weighted by Gasteiger charge is 2.14. The molecule has 7 heteroatoms. The minimum absolute atomic E-state index is 0.0365. The van der Waals surface area contributed by atoms with E-state index in [1.807, 2.05) is 0 Å². The minimum Gasteiger partial charge on any atom is -0.348 e. The van der Waals surface area contributed by atoms with Crippen molar-refractivity contribution in [3.63, 3.8) is 0 Å². The average molecular weight is 291 g/mol. The molecule has 0 aliphatic rings. The number of rotatable bonds is 3. The van der Waals surface area contributed by atoms with E-state index in [4.69, 9.17) is 5.26 Å². The first kappa shape index (κ1) is 14.5. The third-order valence-corrected chi connectivity index (χ3v) is 2.65. The number of carbonyl (C=O) groups excluding carboxylic acids is 1. The van der Waals surface area contributed by atoms with Gasteiger partial charge >= 0.3 is 0 Å². The minimum atomic E-state index is -1.04. The highest BCUT2D eigenvalue weighted by Crippen LogP contribution is 2.10. The summed E-state index contributed by atoms with van der Waals surface area (Å²) in [6, 6.07) is 5.94. The summed E-state index contributed by atoms with van der Waals surface area (Å²) in [4.78, 5) is 15.1. The summed E-state index contributed by atoms with van der Waals surface area (Å²) in [6.45, 7) is -0.119. The van der Waals surface area contributed by atoms with Crippen LogP contribution in [0.4, 0.5) is 13.2 Å². The smallest absolute Gasteiger partial charge is 0.256 e. The second-order valence-electron chi connectivity index (χ2n) is 4.11. The van der Waals surface area contributed by atoms with Crippen LogP contribution in [0.15, 0.2) is 30.5 Å². The summed E-state index contributed by atoms with van der Waals surface area (Å²) in [7, 11) is 0. The van der Waals surface area contributed by atoms with Crippen LogP contribution in [0.3, 0.4) is 0 Å². The number of nitrogens with one attached hydrogen (secondary N) is 1. The average Bonchev–Trinajstić information content (AvgIpc) is 2.48. The van der Waals surface area contributed by atoms with E-state index >= 15 is 0 Å². The van der Waals surface area contributed by atoms with E-state index in [1.165, 1.54) is 6.07 Å². The Balaban J connectivity index is 2.11.